The molecule has 0 fully saturated rings. The standard InChI is InChI=1S/C36H40N2O3/c1-8-12-26(9-2)22-37-34(39)29-19-20-33-32(21-29)24(3)25(4)38(33)23-27-15-17-28(18-16-27)30-13-10-11-14-31(30)35(40)41-36(5,6)7/h8-21H,22-23H2,1-7H3,(H,37,39). The van der Waals surface area contributed by atoms with Crippen molar-refractivity contribution < 1.29 is 14.3 Å². The number of carbonyl (C=O) groups excluding carboxylic acids is 2. The second-order valence-electron chi connectivity index (χ2n) is 11.3. The van der Waals surface area contributed by atoms with Crippen molar-refractivity contribution in [1.29, 1.82) is 0 Å². The molecule has 41 heavy (non-hydrogen) atoms. The minimum Gasteiger partial charge on any atom is -0.456 e. The fraction of sp³-hybridized carbons (Fsp3) is 0.278. The molecule has 0 aliphatic rings. The highest BCUT2D eigenvalue weighted by atomic mass is 16.6. The Kier molecular flexibility index (Phi) is 8.97. The fourth-order valence-corrected chi connectivity index (χ4v) is 4.97. The van der Waals surface area contributed by atoms with Crippen molar-refractivity contribution in [3.8, 4) is 11.1 Å². The number of hydrogen-bond donors (Lipinski definition) is 1. The lowest BCUT2D eigenvalue weighted by atomic mass is 9.98. The number of fused-ring (bicyclic) bond motifs is 1. The maximum absolute atomic E-state index is 12.9. The van der Waals surface area contributed by atoms with Crippen LogP contribution in [0.2, 0.25) is 0 Å². The van der Waals surface area contributed by atoms with Gasteiger partial charge in [-0.05, 0) is 101 Å². The number of aromatic nitrogens is 1. The van der Waals surface area contributed by atoms with E-state index in [1.54, 1.807) is 0 Å². The van der Waals surface area contributed by atoms with Gasteiger partial charge in [0.15, 0.2) is 0 Å². The van der Waals surface area contributed by atoms with Crippen LogP contribution >= 0.6 is 0 Å². The first-order valence-corrected chi connectivity index (χ1v) is 14.1. The molecule has 5 heteroatoms. The summed E-state index contributed by atoms with van der Waals surface area (Å²) in [6.07, 6.45) is 5.98. The van der Waals surface area contributed by atoms with Crippen LogP contribution < -0.4 is 5.32 Å². The van der Waals surface area contributed by atoms with Crippen LogP contribution in [0.5, 0.6) is 0 Å². The number of carbonyl (C=O) groups is 2. The predicted octanol–water partition coefficient (Wildman–Crippen LogP) is 8.18. The van der Waals surface area contributed by atoms with Crippen molar-refractivity contribution in [3.63, 3.8) is 0 Å². The lowest BCUT2D eigenvalue weighted by Gasteiger charge is -2.20. The van der Waals surface area contributed by atoms with Crippen LogP contribution in [-0.4, -0.2) is 28.6 Å². The van der Waals surface area contributed by atoms with E-state index in [1.807, 2.05) is 95.3 Å². The summed E-state index contributed by atoms with van der Waals surface area (Å²) >= 11 is 0. The molecule has 0 saturated heterocycles. The molecule has 4 rings (SSSR count). The van der Waals surface area contributed by atoms with Crippen molar-refractivity contribution in [2.75, 3.05) is 6.54 Å². The Balaban J connectivity index is 1.56. The van der Waals surface area contributed by atoms with Gasteiger partial charge in [-0.1, -0.05) is 60.7 Å². The molecule has 0 atom stereocenters. The maximum Gasteiger partial charge on any atom is 0.339 e. The van der Waals surface area contributed by atoms with E-state index in [0.717, 1.165) is 33.2 Å². The Morgan fingerprint density at radius 3 is 2.32 bits per heavy atom. The summed E-state index contributed by atoms with van der Waals surface area (Å²) in [6.45, 7) is 15.0. The van der Waals surface area contributed by atoms with E-state index in [1.165, 1.54) is 11.3 Å². The summed E-state index contributed by atoms with van der Waals surface area (Å²) in [7, 11) is 0. The second kappa shape index (κ2) is 12.4. The molecular weight excluding hydrogens is 508 g/mol. The third kappa shape index (κ3) is 6.86. The average molecular weight is 549 g/mol. The molecule has 1 amide bonds. The number of nitrogens with one attached hydrogen (secondary N) is 1. The first-order valence-electron chi connectivity index (χ1n) is 14.1. The van der Waals surface area contributed by atoms with E-state index in [0.29, 0.717) is 24.2 Å². The third-order valence-corrected chi connectivity index (χ3v) is 7.26. The number of rotatable bonds is 8. The quantitative estimate of drug-likeness (QED) is 0.178. The van der Waals surface area contributed by atoms with Gasteiger partial charge in [-0.3, -0.25) is 4.79 Å². The zero-order valence-electron chi connectivity index (χ0n) is 25.2. The van der Waals surface area contributed by atoms with Crippen LogP contribution in [0.4, 0.5) is 0 Å². The molecule has 5 nitrogen and oxygen atoms in total. The molecule has 0 radical (unpaired) electrons. The molecule has 0 aliphatic carbocycles. The summed E-state index contributed by atoms with van der Waals surface area (Å²) in [5, 5.41) is 4.11. The molecule has 212 valence electrons. The SMILES string of the molecule is CC=CC(=CC)CNC(=O)c1ccc2c(c1)c(C)c(C)n2Cc1ccc(-c2ccccc2C(=O)OC(C)(C)C)cc1. The molecule has 0 aliphatic heterocycles. The number of benzene rings is 3. The summed E-state index contributed by atoms with van der Waals surface area (Å²) in [5.74, 6) is -0.405. The molecule has 0 unspecified atom stereocenters. The topological polar surface area (TPSA) is 60.3 Å². The lowest BCUT2D eigenvalue weighted by Crippen LogP contribution is -2.25. The van der Waals surface area contributed by atoms with Gasteiger partial charge in [-0.2, -0.15) is 0 Å². The van der Waals surface area contributed by atoms with E-state index in [9.17, 15) is 9.59 Å². The smallest absolute Gasteiger partial charge is 0.339 e. The van der Waals surface area contributed by atoms with Gasteiger partial charge in [-0.15, -0.1) is 0 Å². The van der Waals surface area contributed by atoms with Gasteiger partial charge in [-0.25, -0.2) is 4.79 Å². The van der Waals surface area contributed by atoms with Crippen LogP contribution in [0.3, 0.4) is 0 Å². The zero-order chi connectivity index (χ0) is 29.7. The maximum atomic E-state index is 12.9. The van der Waals surface area contributed by atoms with Gasteiger partial charge in [0.25, 0.3) is 5.91 Å². The van der Waals surface area contributed by atoms with Crippen LogP contribution in [0.1, 0.15) is 72.2 Å². The normalized spacial score (nSPS) is 12.2. The van der Waals surface area contributed by atoms with Gasteiger partial charge in [0.1, 0.15) is 5.60 Å². The first-order chi connectivity index (χ1) is 19.5. The van der Waals surface area contributed by atoms with Crippen LogP contribution in [-0.2, 0) is 11.3 Å². The number of allylic oxidation sites excluding steroid dienone is 2. The highest BCUT2D eigenvalue weighted by Gasteiger charge is 2.21. The third-order valence-electron chi connectivity index (χ3n) is 7.26. The number of hydrogen-bond acceptors (Lipinski definition) is 3. The molecule has 1 aromatic heterocycles. The first kappa shape index (κ1) is 29.6. The highest BCUT2D eigenvalue weighted by Crippen LogP contribution is 2.29. The number of esters is 1. The van der Waals surface area contributed by atoms with Gasteiger partial charge in [0, 0.05) is 35.2 Å². The van der Waals surface area contributed by atoms with Gasteiger partial charge >= 0.3 is 5.97 Å². The molecule has 0 spiro atoms. The number of aryl methyl sites for hydroxylation is 1. The Morgan fingerprint density at radius 2 is 1.66 bits per heavy atom. The summed E-state index contributed by atoms with van der Waals surface area (Å²) in [5.41, 5.74) is 8.12. The molecule has 0 saturated carbocycles. The van der Waals surface area contributed by atoms with Crippen molar-refractivity contribution in [1.82, 2.24) is 9.88 Å². The minimum atomic E-state index is -0.559. The van der Waals surface area contributed by atoms with Gasteiger partial charge in [0.2, 0.25) is 0 Å². The van der Waals surface area contributed by atoms with Crippen LogP contribution in [0.15, 0.2) is 90.5 Å². The van der Waals surface area contributed by atoms with Gasteiger partial charge in [0.05, 0.1) is 5.56 Å². The molecule has 4 aromatic rings. The zero-order valence-corrected chi connectivity index (χ0v) is 25.2. The predicted molar refractivity (Wildman–Crippen MR) is 168 cm³/mol. The number of nitrogens with zero attached hydrogens (tertiary/aromatic N) is 1. The van der Waals surface area contributed by atoms with E-state index in [2.05, 4.69) is 48.0 Å². The van der Waals surface area contributed by atoms with E-state index in [4.69, 9.17) is 4.74 Å². The summed E-state index contributed by atoms with van der Waals surface area (Å²) < 4.78 is 7.93. The minimum absolute atomic E-state index is 0.0807. The summed E-state index contributed by atoms with van der Waals surface area (Å²) in [4.78, 5) is 25.7. The van der Waals surface area contributed by atoms with Crippen molar-refractivity contribution >= 4 is 22.8 Å². The van der Waals surface area contributed by atoms with E-state index < -0.39 is 5.60 Å². The Labute approximate surface area is 243 Å². The second-order valence-corrected chi connectivity index (χ2v) is 11.3. The molecular formula is C36H40N2O3. The van der Waals surface area contributed by atoms with Crippen LogP contribution in [0.25, 0.3) is 22.0 Å². The number of amides is 1. The molecule has 0 bridgehead atoms. The molecule has 1 heterocycles. The van der Waals surface area contributed by atoms with Gasteiger partial charge < -0.3 is 14.6 Å². The Morgan fingerprint density at radius 1 is 0.951 bits per heavy atom. The summed E-state index contributed by atoms with van der Waals surface area (Å²) in [6, 6.07) is 21.8. The van der Waals surface area contributed by atoms with E-state index in [-0.39, 0.29) is 11.9 Å². The van der Waals surface area contributed by atoms with E-state index >= 15 is 0 Å². The van der Waals surface area contributed by atoms with Crippen molar-refractivity contribution in [2.45, 2.75) is 60.6 Å². The monoisotopic (exact) mass is 548 g/mol. The van der Waals surface area contributed by atoms with Crippen molar-refractivity contribution in [2.24, 2.45) is 0 Å². The Hall–Kier alpha value is -4.38. The average Bonchev–Trinajstić information content (AvgIpc) is 3.18. The highest BCUT2D eigenvalue weighted by molar-refractivity contribution is 5.99. The lowest BCUT2D eigenvalue weighted by molar-refractivity contribution is 0.00703. The van der Waals surface area contributed by atoms with Crippen LogP contribution in [0, 0.1) is 13.8 Å². The largest absolute Gasteiger partial charge is 0.456 e. The number of ether oxygens (including phenoxy) is 1. The fourth-order valence-electron chi connectivity index (χ4n) is 4.97. The Bertz CT molecular complexity index is 1630. The van der Waals surface area contributed by atoms with Crippen molar-refractivity contribution in [3.05, 3.63) is 118 Å². The molecule has 3 aromatic carbocycles. The molecule has 1 N–H and O–H groups in total.